The van der Waals surface area contributed by atoms with E-state index < -0.39 is 0 Å². The summed E-state index contributed by atoms with van der Waals surface area (Å²) in [5.74, 6) is 0. The van der Waals surface area contributed by atoms with E-state index >= 15 is 0 Å². The molecule has 0 bridgehead atoms. The van der Waals surface area contributed by atoms with Gasteiger partial charge in [0.25, 0.3) is 0 Å². The van der Waals surface area contributed by atoms with Gasteiger partial charge in [-0.2, -0.15) is 0 Å². The Morgan fingerprint density at radius 1 is 1.14 bits per heavy atom. The summed E-state index contributed by atoms with van der Waals surface area (Å²) in [6.07, 6.45) is 0. The number of benzene rings is 2. The Morgan fingerprint density at radius 3 is 2.93 bits per heavy atom. The standard InChI is InChI=1S/C12H7ClS/c13-9-5-3-7-11-12(9)8-4-1-2-6-10(8)14-11/h1-7H/i2D,3D,6D,7D. The molecule has 68 valence electrons. The molecule has 2 heteroatoms. The molecule has 14 heavy (non-hydrogen) atoms. The lowest BCUT2D eigenvalue weighted by Crippen LogP contribution is -1.67. The highest BCUT2D eigenvalue weighted by molar-refractivity contribution is 7.25. The van der Waals surface area contributed by atoms with Gasteiger partial charge < -0.3 is 0 Å². The molecular formula is C12H7ClS. The van der Waals surface area contributed by atoms with Gasteiger partial charge in [0, 0.05) is 25.2 Å². The van der Waals surface area contributed by atoms with Crippen molar-refractivity contribution in [1.29, 1.82) is 0 Å². The van der Waals surface area contributed by atoms with E-state index in [-0.39, 0.29) is 24.2 Å². The monoisotopic (exact) mass is 222 g/mol. The van der Waals surface area contributed by atoms with Crippen molar-refractivity contribution in [2.75, 3.05) is 0 Å². The maximum absolute atomic E-state index is 7.90. The summed E-state index contributed by atoms with van der Waals surface area (Å²) in [6, 6.07) is 5.28. The summed E-state index contributed by atoms with van der Waals surface area (Å²) in [4.78, 5) is 0. The number of thiophene rings is 1. The molecule has 0 N–H and O–H groups in total. The third-order valence-corrected chi connectivity index (χ3v) is 3.42. The van der Waals surface area contributed by atoms with Crippen LogP contribution in [-0.4, -0.2) is 0 Å². The highest BCUT2D eigenvalue weighted by Crippen LogP contribution is 2.37. The zero-order chi connectivity index (χ0) is 13.0. The van der Waals surface area contributed by atoms with E-state index in [1.54, 1.807) is 12.1 Å². The van der Waals surface area contributed by atoms with Crippen LogP contribution in [-0.2, 0) is 0 Å². The van der Waals surface area contributed by atoms with Crippen LogP contribution in [0.3, 0.4) is 0 Å². The molecule has 3 rings (SSSR count). The number of hydrogen-bond donors (Lipinski definition) is 0. The summed E-state index contributed by atoms with van der Waals surface area (Å²) in [6.45, 7) is 0. The summed E-state index contributed by atoms with van der Waals surface area (Å²) < 4.78 is 32.3. The molecule has 3 aromatic rings. The normalized spacial score (nSPS) is 15.2. The van der Waals surface area contributed by atoms with Crippen molar-refractivity contribution < 1.29 is 5.48 Å². The number of hydrogen-bond acceptors (Lipinski definition) is 1. The van der Waals surface area contributed by atoms with E-state index in [9.17, 15) is 0 Å². The van der Waals surface area contributed by atoms with Crippen LogP contribution in [0.4, 0.5) is 0 Å². The smallest absolute Gasteiger partial charge is 0.0638 e. The first kappa shape index (κ1) is 5.15. The van der Waals surface area contributed by atoms with Crippen molar-refractivity contribution in [3.05, 3.63) is 47.4 Å². The van der Waals surface area contributed by atoms with Crippen molar-refractivity contribution in [1.82, 2.24) is 0 Å². The maximum Gasteiger partial charge on any atom is 0.0638 e. The first-order valence-corrected chi connectivity index (χ1v) is 5.28. The lowest BCUT2D eigenvalue weighted by atomic mass is 10.1. The van der Waals surface area contributed by atoms with Crippen LogP contribution in [0.1, 0.15) is 5.48 Å². The molecule has 0 spiro atoms. The minimum Gasteiger partial charge on any atom is -0.135 e. The van der Waals surface area contributed by atoms with Crippen LogP contribution in [0.5, 0.6) is 0 Å². The van der Waals surface area contributed by atoms with Gasteiger partial charge in [0.05, 0.1) is 5.48 Å². The number of fused-ring (bicyclic) bond motifs is 3. The summed E-state index contributed by atoms with van der Waals surface area (Å²) >= 11 is 7.40. The average Bonchev–Trinajstić information content (AvgIpc) is 2.72. The zero-order valence-electron chi connectivity index (χ0n) is 11.0. The molecule has 2 aromatic carbocycles. The van der Waals surface area contributed by atoms with Gasteiger partial charge >= 0.3 is 0 Å². The molecule has 0 nitrogen and oxygen atoms in total. The molecule has 0 aliphatic heterocycles. The molecule has 1 heterocycles. The van der Waals surface area contributed by atoms with E-state index in [4.69, 9.17) is 17.1 Å². The SMILES string of the molecule is [2H]c1ccc2c(sc3c([2H])c([2H])cc(Cl)c32)c1[2H]. The van der Waals surface area contributed by atoms with Gasteiger partial charge in [-0.1, -0.05) is 35.8 Å². The van der Waals surface area contributed by atoms with E-state index in [1.165, 1.54) is 17.4 Å². The molecule has 0 saturated heterocycles. The molecule has 0 aliphatic rings. The topological polar surface area (TPSA) is 0 Å². The Bertz CT molecular complexity index is 794. The quantitative estimate of drug-likeness (QED) is 0.517. The van der Waals surface area contributed by atoms with Gasteiger partial charge in [0.2, 0.25) is 0 Å². The van der Waals surface area contributed by atoms with Gasteiger partial charge in [0.15, 0.2) is 0 Å². The number of rotatable bonds is 0. The minimum absolute atomic E-state index is 0.0803. The lowest BCUT2D eigenvalue weighted by Gasteiger charge is -1.93. The Balaban J connectivity index is 2.63. The molecule has 0 unspecified atom stereocenters. The Labute approximate surface area is 96.4 Å². The van der Waals surface area contributed by atoms with Crippen LogP contribution in [0.15, 0.2) is 42.4 Å². The van der Waals surface area contributed by atoms with E-state index in [2.05, 4.69) is 0 Å². The summed E-state index contributed by atoms with van der Waals surface area (Å²) in [7, 11) is 0. The van der Waals surface area contributed by atoms with E-state index in [0.717, 1.165) is 5.39 Å². The summed E-state index contributed by atoms with van der Waals surface area (Å²) in [5, 5.41) is 1.93. The maximum atomic E-state index is 7.90. The van der Waals surface area contributed by atoms with Crippen molar-refractivity contribution >= 4 is 43.1 Å². The first-order valence-electron chi connectivity index (χ1n) is 6.09. The van der Waals surface area contributed by atoms with Gasteiger partial charge in [0.1, 0.15) is 0 Å². The van der Waals surface area contributed by atoms with Crippen molar-refractivity contribution in [3.8, 4) is 0 Å². The average molecular weight is 223 g/mol. The highest BCUT2D eigenvalue weighted by atomic mass is 35.5. The van der Waals surface area contributed by atoms with Crippen LogP contribution < -0.4 is 0 Å². The fourth-order valence-corrected chi connectivity index (χ4v) is 2.82. The van der Waals surface area contributed by atoms with Crippen LogP contribution in [0, 0.1) is 0 Å². The highest BCUT2D eigenvalue weighted by Gasteiger charge is 2.06. The van der Waals surface area contributed by atoms with Gasteiger partial charge in [-0.3, -0.25) is 0 Å². The Morgan fingerprint density at radius 2 is 2.00 bits per heavy atom. The molecule has 0 amide bonds. The second kappa shape index (κ2) is 2.97. The predicted octanol–water partition coefficient (Wildman–Crippen LogP) is 4.71. The molecule has 1 aromatic heterocycles. The molecule has 0 aliphatic carbocycles. The third-order valence-electron chi connectivity index (χ3n) is 2.09. The minimum atomic E-state index is 0.0803. The second-order valence-corrected chi connectivity index (χ2v) is 4.34. The van der Waals surface area contributed by atoms with Gasteiger partial charge in [-0.15, -0.1) is 11.3 Å². The summed E-state index contributed by atoms with van der Waals surface area (Å²) in [5.41, 5.74) is 0. The molecule has 0 saturated carbocycles. The Kier molecular flexibility index (Phi) is 1.09. The first-order chi connectivity index (χ1) is 8.50. The zero-order valence-corrected chi connectivity index (χ0v) is 8.59. The molecule has 0 atom stereocenters. The van der Waals surface area contributed by atoms with Crippen molar-refractivity contribution in [3.63, 3.8) is 0 Å². The predicted molar refractivity (Wildman–Crippen MR) is 64.3 cm³/mol. The largest absolute Gasteiger partial charge is 0.135 e. The van der Waals surface area contributed by atoms with Crippen LogP contribution >= 0.6 is 22.9 Å². The van der Waals surface area contributed by atoms with Gasteiger partial charge in [-0.25, -0.2) is 0 Å². The van der Waals surface area contributed by atoms with Crippen molar-refractivity contribution in [2.24, 2.45) is 0 Å². The van der Waals surface area contributed by atoms with Crippen LogP contribution in [0.25, 0.3) is 20.2 Å². The second-order valence-electron chi connectivity index (χ2n) is 2.91. The van der Waals surface area contributed by atoms with Crippen molar-refractivity contribution in [2.45, 2.75) is 0 Å². The fourth-order valence-electron chi connectivity index (χ4n) is 1.49. The fraction of sp³-hybridized carbons (Fsp3) is 0. The van der Waals surface area contributed by atoms with Gasteiger partial charge in [-0.05, 0) is 18.2 Å². The van der Waals surface area contributed by atoms with E-state index in [0.29, 0.717) is 19.8 Å². The molecule has 0 radical (unpaired) electrons. The van der Waals surface area contributed by atoms with E-state index in [1.807, 2.05) is 0 Å². The van der Waals surface area contributed by atoms with Crippen LogP contribution in [0.2, 0.25) is 5.02 Å². The molecular weight excluding hydrogens is 212 g/mol. The number of halogens is 1. The molecule has 0 fully saturated rings. The lowest BCUT2D eigenvalue weighted by molar-refractivity contribution is 1.84. The Hall–Kier alpha value is -1.05. The third kappa shape index (κ3) is 1.06.